The van der Waals surface area contributed by atoms with Crippen molar-refractivity contribution >= 4 is 65.5 Å². The monoisotopic (exact) mass is 1750 g/mol. The number of rotatable bonds is 18. The highest BCUT2D eigenvalue weighted by atomic mass is 127. The van der Waals surface area contributed by atoms with Gasteiger partial charge in [-0.25, -0.2) is 0 Å². The Kier molecular flexibility index (Phi) is 29.2. The van der Waals surface area contributed by atoms with Crippen molar-refractivity contribution in [3.63, 3.8) is 0 Å². The Labute approximate surface area is 731 Å². The molecule has 40 atom stereocenters. The van der Waals surface area contributed by atoms with E-state index in [2.05, 4.69) is 124 Å². The van der Waals surface area contributed by atoms with Gasteiger partial charge in [0.15, 0.2) is 0 Å². The number of aliphatic hydroxyl groups is 3. The van der Waals surface area contributed by atoms with Gasteiger partial charge in [0.1, 0.15) is 29.2 Å². The lowest BCUT2D eigenvalue weighted by atomic mass is 9.42. The van der Waals surface area contributed by atoms with Crippen LogP contribution in [0.4, 0.5) is 0 Å². The highest BCUT2D eigenvalue weighted by Gasteiger charge is 2.71. The lowest BCUT2D eigenvalue weighted by molar-refractivity contribution is -0.176. The quantitative estimate of drug-likeness (QED) is 0.0632. The van der Waals surface area contributed by atoms with Gasteiger partial charge in [-0.15, -0.1) is 24.0 Å². The third-order valence-corrected chi connectivity index (χ3v) is 42.5. The molecule has 0 saturated heterocycles. The lowest BCUT2D eigenvalue weighted by Crippen LogP contribution is -2.60. The molecule has 16 aliphatic rings. The van der Waals surface area contributed by atoms with Crippen LogP contribution in [0.15, 0.2) is 0 Å². The maximum Gasteiger partial charge on any atom is 0.303 e. The molecule has 0 aromatic heterocycles. The molecule has 16 fully saturated rings. The first-order valence-corrected chi connectivity index (χ1v) is 49.4. The Hall–Kier alpha value is -2.81. The van der Waals surface area contributed by atoms with Crippen LogP contribution in [-0.4, -0.2) is 91.5 Å². The zero-order valence-electron chi connectivity index (χ0n) is 76.8. The molecule has 118 heavy (non-hydrogen) atoms. The molecular weight excluding hydrogens is 1590 g/mol. The number of carbonyl (C=O) groups is 7. The van der Waals surface area contributed by atoms with Gasteiger partial charge in [0.05, 0.1) is 24.4 Å². The summed E-state index contributed by atoms with van der Waals surface area (Å²) in [5.41, 5.74) is 1.75. The molecule has 16 saturated carbocycles. The number of carboxylic acids is 2. The van der Waals surface area contributed by atoms with Crippen molar-refractivity contribution in [2.75, 3.05) is 0 Å². The van der Waals surface area contributed by atoms with E-state index in [0.717, 1.165) is 172 Å². The second-order valence-electron chi connectivity index (χ2n) is 46.4. The number of nitrogens with zero attached hydrogens (tertiary/aromatic N) is 1. The molecule has 0 radical (unpaired) electrons. The van der Waals surface area contributed by atoms with Gasteiger partial charge in [-0.05, 0) is 380 Å². The minimum atomic E-state index is -0.707. The first kappa shape index (κ1) is 94.3. The van der Waals surface area contributed by atoms with Gasteiger partial charge in [0.25, 0.3) is 6.47 Å². The fourth-order valence-corrected chi connectivity index (χ4v) is 36.3. The molecule has 0 aliphatic heterocycles. The summed E-state index contributed by atoms with van der Waals surface area (Å²) in [6, 6.07) is 2.40. The number of aliphatic carboxylic acids is 2. The first-order chi connectivity index (χ1) is 55.3. The molecule has 0 aromatic rings. The lowest BCUT2D eigenvalue weighted by Gasteiger charge is -2.62. The van der Waals surface area contributed by atoms with Crippen LogP contribution >= 0.6 is 24.0 Å². The number of carbonyl (C=O) groups excluding carboxylic acids is 5. The smallest absolute Gasteiger partial charge is 0.303 e. The van der Waals surface area contributed by atoms with Gasteiger partial charge in [-0.3, -0.25) is 33.6 Å². The highest BCUT2D eigenvalue weighted by molar-refractivity contribution is 14.0. The number of fused-ring (bicyclic) bond motifs is 20. The maximum atomic E-state index is 14.0. The number of ether oxygens (including phenoxy) is 1. The van der Waals surface area contributed by atoms with Crippen molar-refractivity contribution < 1.29 is 63.8 Å². The Morgan fingerprint density at radius 3 is 0.898 bits per heavy atom. The van der Waals surface area contributed by atoms with Crippen molar-refractivity contribution in [2.45, 2.75) is 386 Å². The molecule has 14 nitrogen and oxygen atoms in total. The van der Waals surface area contributed by atoms with Gasteiger partial charge in [0.2, 0.25) is 0 Å². The van der Waals surface area contributed by atoms with Gasteiger partial charge in [-0.1, -0.05) is 124 Å². The maximum absolute atomic E-state index is 14.0. The number of aliphatic hydroxyl groups excluding tert-OH is 3. The summed E-state index contributed by atoms with van der Waals surface area (Å²) >= 11 is 0. The number of hydrogen-bond acceptors (Lipinski definition) is 12. The van der Waals surface area contributed by atoms with Crippen LogP contribution in [0.25, 0.3) is 0 Å². The zero-order chi connectivity index (χ0) is 84.9. The fourth-order valence-electron chi connectivity index (χ4n) is 36.3. The third-order valence-electron chi connectivity index (χ3n) is 42.5. The van der Waals surface area contributed by atoms with Crippen molar-refractivity contribution in [3.8, 4) is 6.07 Å². The Morgan fingerprint density at radius 1 is 0.381 bits per heavy atom. The van der Waals surface area contributed by atoms with Crippen LogP contribution in [0.1, 0.15) is 362 Å². The van der Waals surface area contributed by atoms with E-state index in [1.165, 1.54) is 64.2 Å². The molecule has 0 aromatic carbocycles. The van der Waals surface area contributed by atoms with E-state index < -0.39 is 11.9 Å². The SMILES string of the molecule is CC[C@@H](C)[C@H]1CC[C@H]2[C@@H]3C(=O)[C@H](CC)[C@@H]4C[C@H](O)CC[C@]4(C)[C@H]3CC[C@]12C.CC[C@H]1C(=O)[C@@H]2[C@H](CC[C@]3(C)[C@@H]([C@H](C)CC#N)CC[C@@H]23)[C@@]2(C)CC[C@@H](O)C[C@@H]12.CC[C@H]1C(=O)[C@@H]2[C@H](CC[C@]3(C)[C@@H]([C@H](C)CCC(=O)O)CC[C@@H]23)[C@@]2(C)CC[C@@H](O)C[C@@H]12.CC[C@H]1C(=O)[C@@H]2[C@H](CC[C@]3(C)[C@@H]([C@H](C)CCC(=O)O)CC[C@@H]23)[C@@]2(C)CC[C@@H](OC=O)C[C@@H]12.I. The summed E-state index contributed by atoms with van der Waals surface area (Å²) in [6.07, 6.45) is 37.2. The number of Topliss-reactive ketones (excluding diaryl/α,β-unsaturated/α-hetero) is 4. The van der Waals surface area contributed by atoms with E-state index in [1.54, 1.807) is 0 Å². The molecule has 5 N–H and O–H groups in total. The molecule has 668 valence electrons. The molecular formula is C103H166INO13. The zero-order valence-corrected chi connectivity index (χ0v) is 79.1. The van der Waals surface area contributed by atoms with E-state index in [9.17, 15) is 54.1 Å². The third kappa shape index (κ3) is 15.9. The summed E-state index contributed by atoms with van der Waals surface area (Å²) < 4.78 is 5.37. The van der Waals surface area contributed by atoms with Gasteiger partial charge in [0, 0.05) is 66.6 Å². The molecule has 0 unspecified atom stereocenters. The number of ketones is 4. The number of nitriles is 1. The summed E-state index contributed by atoms with van der Waals surface area (Å²) in [5, 5.41) is 58.6. The number of hydrogen-bond donors (Lipinski definition) is 5. The van der Waals surface area contributed by atoms with Crippen molar-refractivity contribution in [2.24, 2.45) is 209 Å². The summed E-state index contributed by atoms with van der Waals surface area (Å²) in [4.78, 5) is 88.9. The van der Waals surface area contributed by atoms with Crippen LogP contribution in [0, 0.1) is 220 Å². The Morgan fingerprint density at radius 2 is 0.636 bits per heavy atom. The van der Waals surface area contributed by atoms with Crippen LogP contribution in [0.5, 0.6) is 0 Å². The average molecular weight is 1750 g/mol. The molecule has 0 heterocycles. The number of halogens is 1. The Bertz CT molecular complexity index is 3610. The normalized spacial score (nSPS) is 49.6. The average Bonchev–Trinajstić information content (AvgIpc) is 1.37. The molecule has 16 aliphatic carbocycles. The second-order valence-corrected chi connectivity index (χ2v) is 46.4. The number of carboxylic acid groups (broad SMARTS) is 2. The molecule has 16 rings (SSSR count). The van der Waals surface area contributed by atoms with E-state index in [1.807, 2.05) is 0 Å². The predicted molar refractivity (Wildman–Crippen MR) is 474 cm³/mol. The van der Waals surface area contributed by atoms with Crippen LogP contribution in [0.2, 0.25) is 0 Å². The van der Waals surface area contributed by atoms with Crippen molar-refractivity contribution in [1.82, 2.24) is 0 Å². The van der Waals surface area contributed by atoms with Crippen LogP contribution in [0.3, 0.4) is 0 Å². The molecule has 15 heteroatoms. The minimum absolute atomic E-state index is 0. The first-order valence-electron chi connectivity index (χ1n) is 49.4. The second kappa shape index (κ2) is 36.5. The summed E-state index contributed by atoms with van der Waals surface area (Å²) in [5.74, 6) is 12.0. The molecule has 0 bridgehead atoms. The van der Waals surface area contributed by atoms with Crippen molar-refractivity contribution in [3.05, 3.63) is 0 Å². The largest absolute Gasteiger partial charge is 0.481 e. The summed E-state index contributed by atoms with van der Waals surface area (Å²) in [6.45, 7) is 40.5. The highest BCUT2D eigenvalue weighted by Crippen LogP contribution is 2.75. The van der Waals surface area contributed by atoms with Crippen LogP contribution < -0.4 is 0 Å². The fraction of sp³-hybridized carbons (Fsp3) is 0.922. The topological polar surface area (TPSA) is 254 Å². The minimum Gasteiger partial charge on any atom is -0.481 e. The van der Waals surface area contributed by atoms with E-state index in [-0.39, 0.29) is 141 Å². The van der Waals surface area contributed by atoms with E-state index >= 15 is 0 Å². The van der Waals surface area contributed by atoms with E-state index in [0.29, 0.717) is 154 Å². The molecule has 0 amide bonds. The van der Waals surface area contributed by atoms with E-state index in [4.69, 9.17) is 14.9 Å². The van der Waals surface area contributed by atoms with Gasteiger partial charge in [-0.2, -0.15) is 5.26 Å². The Balaban J connectivity index is 0.000000144. The predicted octanol–water partition coefficient (Wildman–Crippen LogP) is 22.7. The van der Waals surface area contributed by atoms with Gasteiger partial charge < -0.3 is 30.3 Å². The summed E-state index contributed by atoms with van der Waals surface area (Å²) in [7, 11) is 0. The van der Waals surface area contributed by atoms with Gasteiger partial charge >= 0.3 is 11.9 Å². The van der Waals surface area contributed by atoms with Crippen LogP contribution in [-0.2, 0) is 38.3 Å². The van der Waals surface area contributed by atoms with Crippen molar-refractivity contribution in [1.29, 1.82) is 5.26 Å². The molecule has 0 spiro atoms. The standard InChI is InChI=1S/C27H42O5.C26H42O4.C25H39NO2.C25H42O2.HI/c1-5-18-22-14-17(32-15-28)10-12-27(22,4)21-11-13-26(3)19(16(2)6-9-23(29)30)7-8-20(26)24(21)25(18)31;1-5-17-21-14-16(27)10-12-26(21,4)20-11-13-25(3)18(15(2)6-9-22(28)29)7-8-19(25)23(20)24(17)30;1-5-17-21-14-16(27)8-11-25(21,4)20-9-12-24(3)18(15(2)10-13-26)6-7-19(24)22(20)23(17)28;1-6-15(3)18-8-9-19-22-20(11-13-24(18,19)4)25(5)12-10-16(26)14-21(25)17(7-2)23(22)27;/h15-22,24H,5-14H2,1-4H3,(H,29,30);15-21,23,27H,5-14H2,1-4H3,(H,28,29);15-22,27H,5-12,14H2,1-4H3;15-22,26H,6-14H2,1-5H3;1H/t16-,17-,18-,19-,20+,21+,22+,24+,26-,27-;15-,16-,17-,18-,19+,20+,21+,23+,25-,26-;2*15-,16-,17-,18-,19+,20+,21+,22+,24-,25-;/m1111./s1.